The van der Waals surface area contributed by atoms with E-state index in [0.29, 0.717) is 30.2 Å². The number of carbonyl (C=O) groups excluding carboxylic acids is 4. The van der Waals surface area contributed by atoms with Gasteiger partial charge in [0.2, 0.25) is 5.91 Å². The van der Waals surface area contributed by atoms with Crippen molar-refractivity contribution in [3.63, 3.8) is 0 Å². The number of carboxylic acid groups (broad SMARTS) is 1. The van der Waals surface area contributed by atoms with Crippen molar-refractivity contribution in [3.05, 3.63) is 46.5 Å². The highest BCUT2D eigenvalue weighted by Gasteiger charge is 2.71. The van der Waals surface area contributed by atoms with Crippen LogP contribution in [0.3, 0.4) is 0 Å². The van der Waals surface area contributed by atoms with Gasteiger partial charge in [-0.3, -0.25) is 28.9 Å². The third-order valence-electron chi connectivity index (χ3n) is 19.8. The number of esters is 1. The van der Waals surface area contributed by atoms with Crippen molar-refractivity contribution in [1.29, 1.82) is 0 Å². The fourth-order valence-electron chi connectivity index (χ4n) is 15.6. The van der Waals surface area contributed by atoms with Crippen LogP contribution in [0, 0.1) is 62.6 Å². The van der Waals surface area contributed by atoms with Gasteiger partial charge in [-0.2, -0.15) is 0 Å². The fraction of sp³-hybridized carbons (Fsp3) is 0.755. The number of benzene rings is 1. The average molecular weight is 948 g/mol. The normalized spacial score (nSPS) is 37.4. The summed E-state index contributed by atoms with van der Waals surface area (Å²) in [4.78, 5) is 70.6. The Morgan fingerprint density at radius 3 is 2.14 bits per heavy atom. The van der Waals surface area contributed by atoms with Gasteiger partial charge in [-0.15, -0.1) is 0 Å². The van der Waals surface area contributed by atoms with E-state index in [1.165, 1.54) is 0 Å². The monoisotopic (exact) mass is 948 g/mol. The first-order chi connectivity index (χ1) is 30.8. The number of allylic oxidation sites excluding steroid dienone is 1. The van der Waals surface area contributed by atoms with Gasteiger partial charge in [0.05, 0.1) is 17.4 Å². The molecular weight excluding hydrogens is 871 g/mol. The number of aliphatic carboxylic acids is 1. The number of amides is 2. The van der Waals surface area contributed by atoms with Gasteiger partial charge in [0.1, 0.15) is 21.9 Å². The molecular formula is C53H77N3O8S2. The smallest absolute Gasteiger partial charge is 0.309 e. The van der Waals surface area contributed by atoms with E-state index >= 15 is 0 Å². The first-order valence-corrected chi connectivity index (χ1v) is 27.7. The highest BCUT2D eigenvalue weighted by Crippen LogP contribution is 2.76. The number of fused-ring (bicyclic) bond motifs is 7. The molecule has 1 heterocycles. The Kier molecular flexibility index (Phi) is 12.7. The molecule has 7 aliphatic rings. The number of nitrogens with one attached hydrogen (secondary N) is 2. The maximum atomic E-state index is 14.6. The molecule has 11 nitrogen and oxygen atoms in total. The van der Waals surface area contributed by atoms with Crippen LogP contribution in [0.2, 0.25) is 0 Å². The van der Waals surface area contributed by atoms with Crippen LogP contribution in [-0.2, 0) is 50.1 Å². The van der Waals surface area contributed by atoms with Crippen molar-refractivity contribution < 1.29 is 38.0 Å². The highest BCUT2D eigenvalue weighted by atomic mass is 32.8. The maximum Gasteiger partial charge on any atom is 0.309 e. The van der Waals surface area contributed by atoms with Crippen molar-refractivity contribution >= 4 is 49.2 Å². The summed E-state index contributed by atoms with van der Waals surface area (Å²) in [6.07, 6.45) is 7.62. The van der Waals surface area contributed by atoms with E-state index in [1.807, 2.05) is 38.1 Å². The molecule has 2 amide bonds. The number of nitrogens with zero attached hydrogens (tertiary/aromatic N) is 1. The molecule has 1 saturated heterocycles. The van der Waals surface area contributed by atoms with Crippen LogP contribution in [-0.4, -0.2) is 85.5 Å². The molecule has 6 aliphatic carbocycles. The first-order valence-electron chi connectivity index (χ1n) is 24.9. The molecule has 1 aromatic carbocycles. The van der Waals surface area contributed by atoms with Crippen LogP contribution in [0.4, 0.5) is 0 Å². The number of carbonyl (C=O) groups is 5. The Balaban J connectivity index is 0.980. The topological polar surface area (TPSA) is 159 Å². The van der Waals surface area contributed by atoms with E-state index < -0.39 is 34.3 Å². The van der Waals surface area contributed by atoms with Crippen molar-refractivity contribution in [3.8, 4) is 0 Å². The van der Waals surface area contributed by atoms with Crippen molar-refractivity contribution in [1.82, 2.24) is 15.5 Å². The Morgan fingerprint density at radius 2 is 1.53 bits per heavy atom. The molecule has 66 heavy (non-hydrogen) atoms. The van der Waals surface area contributed by atoms with E-state index in [2.05, 4.69) is 64.0 Å². The zero-order valence-corrected chi connectivity index (χ0v) is 43.2. The number of rotatable bonds is 10. The highest BCUT2D eigenvalue weighted by molar-refractivity contribution is 8.31. The van der Waals surface area contributed by atoms with Crippen LogP contribution in [0.1, 0.15) is 156 Å². The summed E-state index contributed by atoms with van der Waals surface area (Å²) < 4.78 is 17.7. The quantitative estimate of drug-likeness (QED) is 0.196. The third-order valence-corrected chi connectivity index (χ3v) is 22.9. The van der Waals surface area contributed by atoms with Crippen molar-refractivity contribution in [2.24, 2.45) is 62.6 Å². The molecule has 0 spiro atoms. The summed E-state index contributed by atoms with van der Waals surface area (Å²) in [5.41, 5.74) is 0.511. The molecule has 10 atom stereocenters. The lowest BCUT2D eigenvalue weighted by atomic mass is 9.33. The molecule has 0 bridgehead atoms. The largest absolute Gasteiger partial charge is 0.481 e. The third kappa shape index (κ3) is 7.83. The number of Topliss-reactive ketones (excluding diaryl/α,β-unsaturated/α-hetero) is 1. The molecule has 3 N–H and O–H groups in total. The summed E-state index contributed by atoms with van der Waals surface area (Å²) >= 11 is 0. The second-order valence-electron chi connectivity index (χ2n) is 24.5. The zero-order valence-electron chi connectivity index (χ0n) is 41.5. The fourth-order valence-corrected chi connectivity index (χ4v) is 17.7. The molecule has 1 aliphatic heterocycles. The second kappa shape index (κ2) is 17.1. The van der Waals surface area contributed by atoms with Crippen LogP contribution in [0.5, 0.6) is 0 Å². The van der Waals surface area contributed by atoms with Crippen LogP contribution >= 0.6 is 0 Å². The lowest BCUT2D eigenvalue weighted by molar-refractivity contribution is -0.235. The average Bonchev–Trinajstić information content (AvgIpc) is 3.53. The van der Waals surface area contributed by atoms with Crippen LogP contribution in [0.25, 0.3) is 0 Å². The minimum absolute atomic E-state index is 0.00597. The molecule has 0 aromatic heterocycles. The van der Waals surface area contributed by atoms with Gasteiger partial charge >= 0.3 is 11.9 Å². The summed E-state index contributed by atoms with van der Waals surface area (Å²) in [6, 6.07) is 7.56. The molecule has 13 heteroatoms. The predicted octanol–water partition coefficient (Wildman–Crippen LogP) is 8.26. The van der Waals surface area contributed by atoms with E-state index in [-0.39, 0.29) is 79.0 Å². The number of hydrogen-bond acceptors (Lipinski definition) is 8. The van der Waals surface area contributed by atoms with Crippen LogP contribution < -0.4 is 10.6 Å². The van der Waals surface area contributed by atoms with Gasteiger partial charge in [-0.1, -0.05) is 83.9 Å². The summed E-state index contributed by atoms with van der Waals surface area (Å²) in [5.74, 6) is 0.197. The molecule has 364 valence electrons. The lowest BCUT2D eigenvalue weighted by Gasteiger charge is -2.72. The van der Waals surface area contributed by atoms with Gasteiger partial charge in [0.15, 0.2) is 5.78 Å². The van der Waals surface area contributed by atoms with E-state index in [9.17, 15) is 33.3 Å². The standard InChI is InChI=1S/C53H77N3O8S2/c1-31(2)41-37(57)29-53(55-46(62)49(7,8)54-43(58)33-14-12-32(13-15-33)30-56-24-26-66(65-63)27-25-56)23-22-51(10)34(42(41)53)16-17-39-50(9)20-19-40(48(5,6)38(50)18-21-52(39,51)11)64-45(61)36-28-35(44(59)60)47(36,3)4/h12-15,31,34-36,38-40H,16-30H2,1-11H3,(H,54,58)(H,55,62)(H,59,60)/t34-,35+,36-,38+,39-,40+,50+,51-,52-,53-/m1/s1. The first kappa shape index (κ1) is 49.3. The van der Waals surface area contributed by atoms with Gasteiger partial charge in [-0.05, 0) is 146 Å². The Hall–Kier alpha value is -3.16. The summed E-state index contributed by atoms with van der Waals surface area (Å²) in [5, 5.41) is 16.2. The zero-order chi connectivity index (χ0) is 48.2. The molecule has 8 rings (SSSR count). The molecule has 0 unspecified atom stereocenters. The number of ether oxygens (including phenoxy) is 1. The van der Waals surface area contributed by atoms with Crippen molar-refractivity contribution in [2.75, 3.05) is 24.6 Å². The summed E-state index contributed by atoms with van der Waals surface area (Å²) in [7, 11) is 0.648. The van der Waals surface area contributed by atoms with Gasteiger partial charge in [0, 0.05) is 48.5 Å². The van der Waals surface area contributed by atoms with Crippen LogP contribution in [0.15, 0.2) is 35.4 Å². The molecule has 0 radical (unpaired) electrons. The van der Waals surface area contributed by atoms with Gasteiger partial charge in [-0.25, -0.2) is 4.21 Å². The Bertz CT molecular complexity index is 2270. The minimum Gasteiger partial charge on any atom is -0.481 e. The number of carboxylic acids is 1. The molecule has 1 aromatic rings. The number of ketones is 1. The Morgan fingerprint density at radius 1 is 0.864 bits per heavy atom. The minimum atomic E-state index is -1.25. The molecule has 5 saturated carbocycles. The molecule has 6 fully saturated rings. The van der Waals surface area contributed by atoms with E-state index in [0.717, 1.165) is 103 Å². The van der Waals surface area contributed by atoms with Crippen molar-refractivity contribution in [2.45, 2.75) is 164 Å². The summed E-state index contributed by atoms with van der Waals surface area (Å²) in [6.45, 7) is 26.1. The maximum absolute atomic E-state index is 14.6. The second-order valence-corrected chi connectivity index (χ2v) is 28.1. The number of hydrogen-bond donors (Lipinski definition) is 3. The lowest BCUT2D eigenvalue weighted by Crippen LogP contribution is -2.68. The van der Waals surface area contributed by atoms with E-state index in [4.69, 9.17) is 4.74 Å². The predicted molar refractivity (Wildman–Crippen MR) is 259 cm³/mol. The Labute approximate surface area is 398 Å². The van der Waals surface area contributed by atoms with E-state index in [1.54, 1.807) is 13.8 Å². The van der Waals surface area contributed by atoms with Gasteiger partial charge in [0.25, 0.3) is 5.91 Å². The van der Waals surface area contributed by atoms with Gasteiger partial charge < -0.3 is 20.5 Å². The SMILES string of the molecule is CC(C)C1=C2[C@H]3CC[C@@H]4[C@@]5(C)CC[C@H](OC(=O)[C@H]6C[C@@H](C(=O)O)C6(C)C)C(C)(C)[C@@H]5CC[C@@]4(C)[C@]3(C)CC[C@@]2(NC(=O)C(C)(C)NC(=O)c2ccc(CN3CCS(=S=O)CC3)cc2)CC1=O.